The van der Waals surface area contributed by atoms with Crippen molar-refractivity contribution in [2.75, 3.05) is 0 Å². The van der Waals surface area contributed by atoms with E-state index in [0.717, 1.165) is 6.29 Å². The lowest BCUT2D eigenvalue weighted by Crippen LogP contribution is -2.16. The van der Waals surface area contributed by atoms with Crippen molar-refractivity contribution in [1.82, 2.24) is 0 Å². The first-order valence-electron chi connectivity index (χ1n) is 4.47. The zero-order valence-electron chi connectivity index (χ0n) is 8.20. The smallest absolute Gasteiger partial charge is 0.406 e. The van der Waals surface area contributed by atoms with Gasteiger partial charge >= 0.3 is 6.36 Å². The number of carbonyl (C=O) groups is 1. The molecule has 16 heavy (non-hydrogen) atoms. The average Bonchev–Trinajstić information content (AvgIpc) is 2.19. The van der Waals surface area contributed by atoms with Gasteiger partial charge in [0.25, 0.3) is 0 Å². The molecule has 1 aromatic carbocycles. The summed E-state index contributed by atoms with van der Waals surface area (Å²) in [6.45, 7) is 0. The maximum atomic E-state index is 11.8. The SMILES string of the molecule is O=CC/C=C/c1ccc(OC(F)(F)F)cc1. The summed E-state index contributed by atoms with van der Waals surface area (Å²) >= 11 is 0. The van der Waals surface area contributed by atoms with Crippen LogP contribution in [0.4, 0.5) is 13.2 Å². The summed E-state index contributed by atoms with van der Waals surface area (Å²) in [6.07, 6.45) is -0.397. The minimum Gasteiger partial charge on any atom is -0.406 e. The van der Waals surface area contributed by atoms with Gasteiger partial charge in [0.1, 0.15) is 12.0 Å². The molecule has 0 aliphatic carbocycles. The summed E-state index contributed by atoms with van der Waals surface area (Å²) < 4.78 is 39.1. The van der Waals surface area contributed by atoms with Gasteiger partial charge in [0.15, 0.2) is 0 Å². The predicted octanol–water partition coefficient (Wildman–Crippen LogP) is 3.19. The molecule has 0 aromatic heterocycles. The number of hydrogen-bond donors (Lipinski definition) is 0. The summed E-state index contributed by atoms with van der Waals surface area (Å²) in [6, 6.07) is 5.38. The van der Waals surface area contributed by atoms with Crippen LogP contribution < -0.4 is 4.74 Å². The van der Waals surface area contributed by atoms with Gasteiger partial charge in [0.05, 0.1) is 0 Å². The Balaban J connectivity index is 2.64. The van der Waals surface area contributed by atoms with E-state index in [1.54, 1.807) is 12.2 Å². The van der Waals surface area contributed by atoms with E-state index >= 15 is 0 Å². The van der Waals surface area contributed by atoms with Crippen molar-refractivity contribution >= 4 is 12.4 Å². The summed E-state index contributed by atoms with van der Waals surface area (Å²) in [5.74, 6) is -0.264. The van der Waals surface area contributed by atoms with Crippen LogP contribution in [0, 0.1) is 0 Å². The molecule has 86 valence electrons. The molecule has 0 heterocycles. The zero-order valence-corrected chi connectivity index (χ0v) is 8.20. The highest BCUT2D eigenvalue weighted by Gasteiger charge is 2.30. The second-order valence-corrected chi connectivity index (χ2v) is 2.92. The molecule has 0 saturated carbocycles. The van der Waals surface area contributed by atoms with E-state index < -0.39 is 6.36 Å². The Hall–Kier alpha value is -1.78. The van der Waals surface area contributed by atoms with Gasteiger partial charge < -0.3 is 9.53 Å². The maximum absolute atomic E-state index is 11.8. The standard InChI is InChI=1S/C11H9F3O2/c12-11(13,14)16-10-6-4-9(5-7-10)3-1-2-8-15/h1,3-8H,2H2/b3-1+. The van der Waals surface area contributed by atoms with Crippen molar-refractivity contribution in [3.05, 3.63) is 35.9 Å². The van der Waals surface area contributed by atoms with Gasteiger partial charge in [-0.2, -0.15) is 0 Å². The van der Waals surface area contributed by atoms with Crippen LogP contribution >= 0.6 is 0 Å². The number of ether oxygens (including phenoxy) is 1. The summed E-state index contributed by atoms with van der Waals surface area (Å²) in [5.41, 5.74) is 0.705. The van der Waals surface area contributed by atoms with E-state index in [-0.39, 0.29) is 12.2 Å². The molecule has 0 saturated heterocycles. The molecular formula is C11H9F3O2. The minimum atomic E-state index is -4.67. The van der Waals surface area contributed by atoms with Crippen LogP contribution in [0.2, 0.25) is 0 Å². The number of benzene rings is 1. The van der Waals surface area contributed by atoms with Gasteiger partial charge in [0, 0.05) is 6.42 Å². The molecule has 0 bridgehead atoms. The summed E-state index contributed by atoms with van der Waals surface area (Å²) in [7, 11) is 0. The van der Waals surface area contributed by atoms with Crippen LogP contribution in [-0.4, -0.2) is 12.6 Å². The Labute approximate surface area is 90.3 Å². The second kappa shape index (κ2) is 5.34. The Morgan fingerprint density at radius 2 is 1.81 bits per heavy atom. The van der Waals surface area contributed by atoms with Crippen LogP contribution in [0.3, 0.4) is 0 Å². The Kier molecular flexibility index (Phi) is 4.10. The summed E-state index contributed by atoms with van der Waals surface area (Å²) in [4.78, 5) is 10.0. The molecule has 0 spiro atoms. The van der Waals surface area contributed by atoms with Crippen molar-refractivity contribution in [2.45, 2.75) is 12.8 Å². The van der Waals surface area contributed by atoms with E-state index in [9.17, 15) is 18.0 Å². The molecule has 1 aromatic rings. The van der Waals surface area contributed by atoms with Crippen molar-refractivity contribution < 1.29 is 22.7 Å². The van der Waals surface area contributed by atoms with Crippen LogP contribution in [0.5, 0.6) is 5.75 Å². The molecule has 0 N–H and O–H groups in total. The molecular weight excluding hydrogens is 221 g/mol. The fourth-order valence-corrected chi connectivity index (χ4v) is 1.04. The van der Waals surface area contributed by atoms with E-state index in [0.29, 0.717) is 5.56 Å². The van der Waals surface area contributed by atoms with Crippen molar-refractivity contribution in [3.8, 4) is 5.75 Å². The van der Waals surface area contributed by atoms with Gasteiger partial charge in [-0.1, -0.05) is 24.3 Å². The number of hydrogen-bond acceptors (Lipinski definition) is 2. The number of allylic oxidation sites excluding steroid dienone is 1. The number of alkyl halides is 3. The minimum absolute atomic E-state index is 0.264. The highest BCUT2D eigenvalue weighted by molar-refractivity contribution is 5.58. The quantitative estimate of drug-likeness (QED) is 0.742. The van der Waals surface area contributed by atoms with Gasteiger partial charge in [-0.15, -0.1) is 13.2 Å². The van der Waals surface area contributed by atoms with Crippen molar-refractivity contribution in [2.24, 2.45) is 0 Å². The molecule has 0 amide bonds. The van der Waals surface area contributed by atoms with Crippen LogP contribution in [0.15, 0.2) is 30.3 Å². The molecule has 2 nitrogen and oxygen atoms in total. The highest BCUT2D eigenvalue weighted by Crippen LogP contribution is 2.22. The van der Waals surface area contributed by atoms with Gasteiger partial charge in [-0.25, -0.2) is 0 Å². The molecule has 1 rings (SSSR count). The topological polar surface area (TPSA) is 26.3 Å². The monoisotopic (exact) mass is 230 g/mol. The van der Waals surface area contributed by atoms with E-state index in [1.165, 1.54) is 24.3 Å². The Bertz CT molecular complexity index is 366. The van der Waals surface area contributed by atoms with Gasteiger partial charge in [0.2, 0.25) is 0 Å². The van der Waals surface area contributed by atoms with Crippen LogP contribution in [-0.2, 0) is 4.79 Å². The van der Waals surface area contributed by atoms with E-state index in [1.807, 2.05) is 0 Å². The largest absolute Gasteiger partial charge is 0.573 e. The van der Waals surface area contributed by atoms with Crippen molar-refractivity contribution in [3.63, 3.8) is 0 Å². The van der Waals surface area contributed by atoms with E-state index in [2.05, 4.69) is 4.74 Å². The molecule has 0 fully saturated rings. The van der Waals surface area contributed by atoms with Crippen molar-refractivity contribution in [1.29, 1.82) is 0 Å². The lowest BCUT2D eigenvalue weighted by Gasteiger charge is -2.08. The molecule has 0 radical (unpaired) electrons. The molecule has 0 unspecified atom stereocenters. The van der Waals surface area contributed by atoms with Crippen LogP contribution in [0.1, 0.15) is 12.0 Å². The normalized spacial score (nSPS) is 11.7. The fraction of sp³-hybridized carbons (Fsp3) is 0.182. The third-order valence-electron chi connectivity index (χ3n) is 1.66. The molecule has 0 atom stereocenters. The number of aldehydes is 1. The number of carbonyl (C=O) groups excluding carboxylic acids is 1. The van der Waals surface area contributed by atoms with Crippen LogP contribution in [0.25, 0.3) is 6.08 Å². The lowest BCUT2D eigenvalue weighted by molar-refractivity contribution is -0.274. The molecule has 5 heteroatoms. The second-order valence-electron chi connectivity index (χ2n) is 2.92. The lowest BCUT2D eigenvalue weighted by atomic mass is 10.2. The fourth-order valence-electron chi connectivity index (χ4n) is 1.04. The third-order valence-corrected chi connectivity index (χ3v) is 1.66. The Morgan fingerprint density at radius 3 is 2.31 bits per heavy atom. The van der Waals surface area contributed by atoms with E-state index in [4.69, 9.17) is 0 Å². The number of rotatable bonds is 4. The highest BCUT2D eigenvalue weighted by atomic mass is 19.4. The maximum Gasteiger partial charge on any atom is 0.573 e. The first-order valence-corrected chi connectivity index (χ1v) is 4.47. The zero-order chi connectivity index (χ0) is 12.0. The third kappa shape index (κ3) is 4.63. The van der Waals surface area contributed by atoms with Gasteiger partial charge in [-0.3, -0.25) is 0 Å². The number of halogens is 3. The molecule has 0 aliphatic heterocycles. The first-order chi connectivity index (χ1) is 7.51. The van der Waals surface area contributed by atoms with Gasteiger partial charge in [-0.05, 0) is 17.7 Å². The summed E-state index contributed by atoms with van der Waals surface area (Å²) in [5, 5.41) is 0. The Morgan fingerprint density at radius 1 is 1.19 bits per heavy atom. The molecule has 0 aliphatic rings. The first kappa shape index (κ1) is 12.3. The average molecular weight is 230 g/mol. The predicted molar refractivity (Wildman–Crippen MR) is 52.8 cm³/mol.